The minimum atomic E-state index is -0.292. The third-order valence-electron chi connectivity index (χ3n) is 1.49. The van der Waals surface area contributed by atoms with Gasteiger partial charge in [-0.2, -0.15) is 0 Å². The van der Waals surface area contributed by atoms with E-state index < -0.39 is 0 Å². The van der Waals surface area contributed by atoms with Gasteiger partial charge in [-0.3, -0.25) is 0 Å². The first kappa shape index (κ1) is 12.3. The van der Waals surface area contributed by atoms with E-state index in [1.807, 2.05) is 6.92 Å². The maximum absolute atomic E-state index is 9.58. The molecule has 2 atom stereocenters. The van der Waals surface area contributed by atoms with Crippen LogP contribution in [0.3, 0.4) is 0 Å². The Balaban J connectivity index is 3.66. The standard InChI is InChI=1S/C8H21N2OP/c1-5-7(9)12-8(11)6-10(2,3)4/h7-8,11H,5-6,9H2,1-4H3. The fourth-order valence-corrected chi connectivity index (χ4v) is 2.10. The molecule has 0 aliphatic rings. The van der Waals surface area contributed by atoms with Gasteiger partial charge < -0.3 is 23.9 Å². The van der Waals surface area contributed by atoms with E-state index in [1.54, 1.807) is 0 Å². The van der Waals surface area contributed by atoms with Gasteiger partial charge >= 0.3 is 0 Å². The molecule has 4 heteroatoms. The summed E-state index contributed by atoms with van der Waals surface area (Å²) in [5, 5.41) is 9.58. The van der Waals surface area contributed by atoms with Crippen molar-refractivity contribution in [3.05, 3.63) is 0 Å². The third kappa shape index (κ3) is 6.99. The normalized spacial score (nSPS) is 18.5. The molecular weight excluding hydrogens is 171 g/mol. The third-order valence-corrected chi connectivity index (χ3v) is 2.75. The Hall–Kier alpha value is 0.310. The second kappa shape index (κ2) is 5.13. The summed E-state index contributed by atoms with van der Waals surface area (Å²) >= 11 is 0. The second-order valence-electron chi connectivity index (χ2n) is 4.08. The monoisotopic (exact) mass is 192 g/mol. The molecule has 0 rings (SSSR count). The summed E-state index contributed by atoms with van der Waals surface area (Å²) in [6.45, 7) is 2.80. The molecule has 12 heavy (non-hydrogen) atoms. The second-order valence-corrected chi connectivity index (χ2v) is 5.64. The molecule has 0 radical (unpaired) electrons. The number of nitrogens with zero attached hydrogens (tertiary/aromatic N) is 1. The molecule has 3 nitrogen and oxygen atoms in total. The Labute approximate surface area is 77.3 Å². The number of hydrogen-bond donors (Lipinski definition) is 2. The van der Waals surface area contributed by atoms with Crippen molar-refractivity contribution in [3.63, 3.8) is 0 Å². The van der Waals surface area contributed by atoms with Gasteiger partial charge in [-0.25, -0.2) is 0 Å². The van der Waals surface area contributed by atoms with Crippen LogP contribution in [0.5, 0.6) is 0 Å². The molecule has 0 fully saturated rings. The van der Waals surface area contributed by atoms with E-state index >= 15 is 0 Å². The quantitative estimate of drug-likeness (QED) is 0.496. The summed E-state index contributed by atoms with van der Waals surface area (Å²) in [5.74, 6) is -0.175. The van der Waals surface area contributed by atoms with Crippen molar-refractivity contribution >= 4 is 8.58 Å². The van der Waals surface area contributed by atoms with E-state index in [-0.39, 0.29) is 11.6 Å². The molecule has 2 unspecified atom stereocenters. The highest BCUT2D eigenvalue weighted by Gasteiger charge is 2.08. The van der Waals surface area contributed by atoms with Crippen molar-refractivity contribution in [1.82, 2.24) is 0 Å². The van der Waals surface area contributed by atoms with Crippen molar-refractivity contribution < 1.29 is 9.59 Å². The molecular formula is C8H21N2OP. The van der Waals surface area contributed by atoms with Gasteiger partial charge in [0.1, 0.15) is 0 Å². The maximum Gasteiger partial charge on any atom is 0.0770 e. The highest BCUT2D eigenvalue weighted by molar-refractivity contribution is 7.39. The predicted octanol–water partition coefficient (Wildman–Crippen LogP) is 0.652. The lowest BCUT2D eigenvalue weighted by Crippen LogP contribution is -2.40. The lowest BCUT2D eigenvalue weighted by molar-refractivity contribution is -0.871. The highest BCUT2D eigenvalue weighted by atomic mass is 31.1. The van der Waals surface area contributed by atoms with Gasteiger partial charge in [-0.1, -0.05) is 13.3 Å². The van der Waals surface area contributed by atoms with Crippen LogP contribution in [0.25, 0.3) is 0 Å². The fraction of sp³-hybridized carbons (Fsp3) is 1.00. The van der Waals surface area contributed by atoms with E-state index in [0.29, 0.717) is 0 Å². The Morgan fingerprint density at radius 3 is 2.25 bits per heavy atom. The van der Waals surface area contributed by atoms with E-state index in [1.165, 1.54) is 0 Å². The molecule has 0 aromatic rings. The average molecular weight is 192 g/mol. The Morgan fingerprint density at radius 2 is 1.92 bits per heavy atom. The Kier molecular flexibility index (Phi) is 5.26. The van der Waals surface area contributed by atoms with Gasteiger partial charge in [0.15, 0.2) is 0 Å². The predicted molar refractivity (Wildman–Crippen MR) is 54.1 cm³/mol. The van der Waals surface area contributed by atoms with Crippen LogP contribution in [0.2, 0.25) is 0 Å². The van der Waals surface area contributed by atoms with Crippen LogP contribution in [-0.2, 0) is 0 Å². The Morgan fingerprint density at radius 1 is 1.42 bits per heavy atom. The van der Waals surface area contributed by atoms with Crippen LogP contribution < -0.4 is 5.73 Å². The minimum Gasteiger partial charge on any atom is -0.483 e. The van der Waals surface area contributed by atoms with E-state index in [2.05, 4.69) is 21.1 Å². The van der Waals surface area contributed by atoms with Crippen LogP contribution in [-0.4, -0.2) is 48.9 Å². The van der Waals surface area contributed by atoms with Crippen molar-refractivity contribution in [2.75, 3.05) is 27.7 Å². The zero-order valence-electron chi connectivity index (χ0n) is 8.49. The molecule has 0 saturated heterocycles. The molecule has 0 spiro atoms. The van der Waals surface area contributed by atoms with Crippen molar-refractivity contribution in [2.24, 2.45) is 5.73 Å². The van der Waals surface area contributed by atoms with E-state index in [4.69, 9.17) is 5.73 Å². The van der Waals surface area contributed by atoms with Crippen LogP contribution in [0, 0.1) is 0 Å². The molecule has 0 aliphatic heterocycles. The van der Waals surface area contributed by atoms with Crippen LogP contribution in [0.1, 0.15) is 13.3 Å². The van der Waals surface area contributed by atoms with Crippen LogP contribution >= 0.6 is 8.58 Å². The lowest BCUT2D eigenvalue weighted by Gasteiger charge is -2.36. The SMILES string of the molecule is CCC(N)[P-]C(O)C[N+](C)(C)C. The zero-order valence-corrected chi connectivity index (χ0v) is 9.38. The molecule has 3 N–H and O–H groups in total. The van der Waals surface area contributed by atoms with Gasteiger partial charge in [0.25, 0.3) is 0 Å². The van der Waals surface area contributed by atoms with E-state index in [0.717, 1.165) is 26.0 Å². The lowest BCUT2D eigenvalue weighted by atomic mass is 10.5. The molecule has 0 aromatic carbocycles. The number of aliphatic hydroxyl groups is 1. The Bertz CT molecular complexity index is 125. The van der Waals surface area contributed by atoms with Crippen molar-refractivity contribution in [2.45, 2.75) is 25.0 Å². The number of rotatable bonds is 5. The largest absolute Gasteiger partial charge is 0.483 e. The molecule has 74 valence electrons. The molecule has 0 aliphatic carbocycles. The maximum atomic E-state index is 9.58. The summed E-state index contributed by atoms with van der Waals surface area (Å²) < 4.78 is 0.782. The summed E-state index contributed by atoms with van der Waals surface area (Å²) in [4.78, 5) is 0. The van der Waals surface area contributed by atoms with Crippen molar-refractivity contribution in [1.29, 1.82) is 0 Å². The zero-order chi connectivity index (χ0) is 9.78. The summed E-state index contributed by atoms with van der Waals surface area (Å²) in [6.07, 6.45) is 0.926. The summed E-state index contributed by atoms with van der Waals surface area (Å²) in [6, 6.07) is 0. The number of nitrogens with two attached hydrogens (primary N) is 1. The van der Waals surface area contributed by atoms with Crippen LogP contribution in [0.4, 0.5) is 0 Å². The minimum absolute atomic E-state index is 0.117. The van der Waals surface area contributed by atoms with Crippen molar-refractivity contribution in [3.8, 4) is 0 Å². The molecule has 0 saturated carbocycles. The highest BCUT2D eigenvalue weighted by Crippen LogP contribution is 2.23. The first-order valence-corrected chi connectivity index (χ1v) is 5.32. The first-order chi connectivity index (χ1) is 5.35. The van der Waals surface area contributed by atoms with Gasteiger partial charge in [0.2, 0.25) is 0 Å². The summed E-state index contributed by atoms with van der Waals surface area (Å²) in [7, 11) is 7.15. The molecule has 0 heterocycles. The summed E-state index contributed by atoms with van der Waals surface area (Å²) in [5.41, 5.74) is 5.71. The van der Waals surface area contributed by atoms with E-state index in [9.17, 15) is 5.11 Å². The number of quaternary nitrogens is 1. The van der Waals surface area contributed by atoms with Gasteiger partial charge in [0, 0.05) is 0 Å². The van der Waals surface area contributed by atoms with Crippen LogP contribution in [0.15, 0.2) is 0 Å². The number of aliphatic hydroxyl groups excluding tert-OH is 1. The number of hydrogen-bond acceptors (Lipinski definition) is 2. The molecule has 0 aromatic heterocycles. The van der Waals surface area contributed by atoms with Gasteiger partial charge in [-0.05, 0) is 5.85 Å². The van der Waals surface area contributed by atoms with Gasteiger partial charge in [0.05, 0.1) is 27.7 Å². The average Bonchev–Trinajstić information content (AvgIpc) is 1.82. The van der Waals surface area contributed by atoms with Gasteiger partial charge in [-0.15, -0.1) is 5.78 Å². The molecule has 0 amide bonds. The fourth-order valence-electron chi connectivity index (χ4n) is 0.863. The molecule has 0 bridgehead atoms. The number of likely N-dealkylation sites (N-methyl/N-ethyl adjacent to an activating group) is 1. The topological polar surface area (TPSA) is 46.2 Å². The smallest absolute Gasteiger partial charge is 0.0770 e. The first-order valence-electron chi connectivity index (χ1n) is 4.29.